The summed E-state index contributed by atoms with van der Waals surface area (Å²) in [6.45, 7) is 5.63. The fourth-order valence-electron chi connectivity index (χ4n) is 5.21. The third-order valence-corrected chi connectivity index (χ3v) is 12.9. The van der Waals surface area contributed by atoms with Crippen LogP contribution in [-0.4, -0.2) is 88.7 Å². The normalized spacial score (nSPS) is 21.0. The molecular weight excluding hydrogens is 686 g/mol. The summed E-state index contributed by atoms with van der Waals surface area (Å²) < 4.78 is 69.2. The molecule has 2 aromatic carbocycles. The van der Waals surface area contributed by atoms with Gasteiger partial charge in [-0.3, -0.25) is 9.52 Å². The number of carbonyl (C=O) groups is 1. The summed E-state index contributed by atoms with van der Waals surface area (Å²) in [4.78, 5) is 15.9. The number of hydrogen-bond acceptors (Lipinski definition) is 9. The largest absolute Gasteiger partial charge is 0.490 e. The van der Waals surface area contributed by atoms with Gasteiger partial charge in [0.1, 0.15) is 9.96 Å². The molecule has 0 aliphatic carbocycles. The van der Waals surface area contributed by atoms with Crippen molar-refractivity contribution in [2.75, 3.05) is 38.1 Å². The van der Waals surface area contributed by atoms with E-state index >= 15 is 0 Å². The van der Waals surface area contributed by atoms with E-state index in [0.717, 1.165) is 17.8 Å². The number of thiophene rings is 1. The first kappa shape index (κ1) is 37.1. The Hall–Kier alpha value is -2.72. The Labute approximate surface area is 286 Å². The third kappa shape index (κ3) is 9.46. The first-order chi connectivity index (χ1) is 22.2. The highest BCUT2D eigenvalue weighted by Crippen LogP contribution is 2.30. The molecule has 1 aliphatic rings. The molecule has 0 bridgehead atoms. The van der Waals surface area contributed by atoms with E-state index in [4.69, 9.17) is 21.1 Å². The lowest BCUT2D eigenvalue weighted by molar-refractivity contribution is -0.00833. The number of nitrogens with one attached hydrogen (secondary N) is 1. The maximum absolute atomic E-state index is 14.3. The molecule has 4 atom stereocenters. The Morgan fingerprint density at radius 1 is 1.11 bits per heavy atom. The molecule has 2 N–H and O–H groups in total. The Morgan fingerprint density at radius 3 is 2.49 bits per heavy atom. The Morgan fingerprint density at radius 2 is 1.83 bits per heavy atom. The van der Waals surface area contributed by atoms with Crippen LogP contribution < -0.4 is 9.46 Å². The molecule has 1 aromatic heterocycles. The van der Waals surface area contributed by atoms with E-state index in [9.17, 15) is 26.7 Å². The summed E-state index contributed by atoms with van der Waals surface area (Å²) in [6, 6.07) is 13.0. The van der Waals surface area contributed by atoms with Crippen LogP contribution in [0.2, 0.25) is 5.02 Å². The molecule has 3 aromatic rings. The number of benzene rings is 2. The van der Waals surface area contributed by atoms with E-state index in [1.165, 1.54) is 52.7 Å². The molecule has 0 unspecified atom stereocenters. The number of likely N-dealkylation sites (N-methyl/N-ethyl adjacent to an activating group) is 1. The van der Waals surface area contributed by atoms with Crippen LogP contribution in [-0.2, 0) is 24.8 Å². The molecule has 0 saturated carbocycles. The monoisotopic (exact) mass is 727 g/mol. The number of fused-ring (bicyclic) bond motifs is 1. The second kappa shape index (κ2) is 16.1. The van der Waals surface area contributed by atoms with Crippen LogP contribution in [0.1, 0.15) is 50.4 Å². The minimum absolute atomic E-state index is 0.0202. The minimum Gasteiger partial charge on any atom is -0.490 e. The maximum atomic E-state index is 14.3. The topological polar surface area (TPSA) is 143 Å². The summed E-state index contributed by atoms with van der Waals surface area (Å²) in [5.41, 5.74) is 0.315. The fourth-order valence-corrected chi connectivity index (χ4v) is 8.56. The zero-order valence-corrected chi connectivity index (χ0v) is 30.0. The fraction of sp³-hybridized carbons (Fsp3) is 0.469. The van der Waals surface area contributed by atoms with Gasteiger partial charge in [-0.05, 0) is 87.0 Å². The van der Waals surface area contributed by atoms with Crippen LogP contribution >= 0.6 is 22.9 Å². The molecule has 1 amide bonds. The summed E-state index contributed by atoms with van der Waals surface area (Å²) in [7, 11) is -6.27. The number of amides is 1. The molecule has 2 heterocycles. The molecule has 0 spiro atoms. The van der Waals surface area contributed by atoms with Crippen LogP contribution in [0.25, 0.3) is 0 Å². The predicted molar refractivity (Wildman–Crippen MR) is 183 cm³/mol. The highest BCUT2D eigenvalue weighted by atomic mass is 35.5. The standard InChI is InChI=1S/C32H42ClN3O8S3/c1-22-19-36(23(2)21-37)32(38)28-18-26(34-46(39,40)31-9-7-17-45-31)12-15-29(28)44-24(3)8-5-6-16-43-30(22)20-35(4)47(41,42)27-13-10-25(33)11-14-27/h7,9-15,17-18,22-24,30,34,37H,5-6,8,16,19-21H2,1-4H3/t22-,23+,24-,30+/m0/s1. The van der Waals surface area contributed by atoms with E-state index in [1.807, 2.05) is 13.8 Å². The van der Waals surface area contributed by atoms with Crippen molar-refractivity contribution in [3.8, 4) is 5.75 Å². The van der Waals surface area contributed by atoms with Crippen molar-refractivity contribution in [1.29, 1.82) is 0 Å². The number of aliphatic hydroxyl groups excluding tert-OH is 1. The number of aliphatic hydroxyl groups is 1. The van der Waals surface area contributed by atoms with Gasteiger partial charge in [-0.1, -0.05) is 24.6 Å². The lowest BCUT2D eigenvalue weighted by Gasteiger charge is -2.35. The molecule has 11 nitrogen and oxygen atoms in total. The van der Waals surface area contributed by atoms with Crippen molar-refractivity contribution in [1.82, 2.24) is 9.21 Å². The lowest BCUT2D eigenvalue weighted by Crippen LogP contribution is -2.48. The van der Waals surface area contributed by atoms with Crippen LogP contribution in [0.15, 0.2) is 69.1 Å². The molecule has 47 heavy (non-hydrogen) atoms. The van der Waals surface area contributed by atoms with Gasteiger partial charge in [0.15, 0.2) is 0 Å². The van der Waals surface area contributed by atoms with Gasteiger partial charge in [0.25, 0.3) is 15.9 Å². The summed E-state index contributed by atoms with van der Waals surface area (Å²) in [6.07, 6.45) is 1.26. The zero-order chi connectivity index (χ0) is 34.4. The molecule has 15 heteroatoms. The number of ether oxygens (including phenoxy) is 2. The van der Waals surface area contributed by atoms with Gasteiger partial charge in [-0.2, -0.15) is 4.31 Å². The number of nitrogens with zero attached hydrogens (tertiary/aromatic N) is 2. The SMILES string of the molecule is C[C@H](CO)N1C[C@H](C)[C@@H](CN(C)S(=O)(=O)c2ccc(Cl)cc2)OCCCC[C@H](C)Oc2ccc(NS(=O)(=O)c3cccs3)cc2C1=O. The van der Waals surface area contributed by atoms with Gasteiger partial charge in [0.05, 0.1) is 35.3 Å². The number of rotatable bonds is 9. The molecule has 0 saturated heterocycles. The lowest BCUT2D eigenvalue weighted by atomic mass is 10.0. The van der Waals surface area contributed by atoms with E-state index < -0.39 is 38.1 Å². The summed E-state index contributed by atoms with van der Waals surface area (Å²) >= 11 is 7.04. The molecule has 0 radical (unpaired) electrons. The highest BCUT2D eigenvalue weighted by molar-refractivity contribution is 7.94. The van der Waals surface area contributed by atoms with Crippen LogP contribution in [0, 0.1) is 5.92 Å². The van der Waals surface area contributed by atoms with Crippen molar-refractivity contribution in [3.63, 3.8) is 0 Å². The van der Waals surface area contributed by atoms with Crippen LogP contribution in [0.4, 0.5) is 5.69 Å². The Bertz CT molecular complexity index is 1700. The molecule has 1 aliphatic heterocycles. The molecule has 258 valence electrons. The van der Waals surface area contributed by atoms with Gasteiger partial charge >= 0.3 is 0 Å². The van der Waals surface area contributed by atoms with Crippen molar-refractivity contribution in [2.24, 2.45) is 5.92 Å². The summed E-state index contributed by atoms with van der Waals surface area (Å²) in [5, 5.41) is 12.3. The van der Waals surface area contributed by atoms with Crippen molar-refractivity contribution < 1.29 is 36.2 Å². The first-order valence-electron chi connectivity index (χ1n) is 15.3. The Kier molecular flexibility index (Phi) is 12.7. The van der Waals surface area contributed by atoms with Gasteiger partial charge in [-0.15, -0.1) is 11.3 Å². The van der Waals surface area contributed by atoms with Gasteiger partial charge in [0.2, 0.25) is 10.0 Å². The van der Waals surface area contributed by atoms with E-state index in [1.54, 1.807) is 30.5 Å². The molecule has 4 rings (SSSR count). The molecule has 0 fully saturated rings. The quantitative estimate of drug-likeness (QED) is 0.302. The number of halogens is 1. The minimum atomic E-state index is -3.88. The van der Waals surface area contributed by atoms with E-state index in [-0.39, 0.29) is 52.1 Å². The van der Waals surface area contributed by atoms with E-state index in [2.05, 4.69) is 4.72 Å². The zero-order valence-electron chi connectivity index (χ0n) is 26.8. The second-order valence-electron chi connectivity index (χ2n) is 11.8. The summed E-state index contributed by atoms with van der Waals surface area (Å²) in [5.74, 6) is -0.554. The van der Waals surface area contributed by atoms with Crippen LogP contribution in [0.5, 0.6) is 5.75 Å². The maximum Gasteiger partial charge on any atom is 0.271 e. The smallest absolute Gasteiger partial charge is 0.271 e. The van der Waals surface area contributed by atoms with Crippen molar-refractivity contribution >= 4 is 54.6 Å². The average Bonchev–Trinajstić information content (AvgIpc) is 3.59. The average molecular weight is 728 g/mol. The number of hydrogen-bond donors (Lipinski definition) is 2. The third-order valence-electron chi connectivity index (χ3n) is 8.02. The first-order valence-corrected chi connectivity index (χ1v) is 19.5. The van der Waals surface area contributed by atoms with Gasteiger partial charge in [-0.25, -0.2) is 16.8 Å². The highest BCUT2D eigenvalue weighted by Gasteiger charge is 2.32. The molecular formula is C32H42ClN3O8S3. The number of anilines is 1. The number of carbonyl (C=O) groups excluding carboxylic acids is 1. The van der Waals surface area contributed by atoms with Crippen LogP contribution in [0.3, 0.4) is 0 Å². The number of sulfonamides is 2. The second-order valence-corrected chi connectivity index (χ2v) is 17.1. The van der Waals surface area contributed by atoms with Gasteiger partial charge < -0.3 is 19.5 Å². The van der Waals surface area contributed by atoms with E-state index in [0.29, 0.717) is 30.2 Å². The van der Waals surface area contributed by atoms with Crippen molar-refractivity contribution in [2.45, 2.75) is 67.4 Å². The van der Waals surface area contributed by atoms with Gasteiger partial charge in [0, 0.05) is 43.4 Å². The predicted octanol–water partition coefficient (Wildman–Crippen LogP) is 5.32. The Balaban J connectivity index is 1.67. The van der Waals surface area contributed by atoms with Crippen molar-refractivity contribution in [3.05, 3.63) is 70.6 Å².